The number of nitrogens with zero attached hydrogens (tertiary/aromatic N) is 2. The molecule has 5 nitrogen and oxygen atoms in total. The number of aliphatic hydroxyl groups excluding tert-OH is 1. The summed E-state index contributed by atoms with van der Waals surface area (Å²) in [5.74, 6) is 0.553. The number of anilines is 2. The molecule has 0 saturated carbocycles. The van der Waals surface area contributed by atoms with Gasteiger partial charge >= 0.3 is 0 Å². The van der Waals surface area contributed by atoms with Gasteiger partial charge in [0.15, 0.2) is 0 Å². The highest BCUT2D eigenvalue weighted by atomic mass is 16.2. The normalized spacial score (nSPS) is 8.64. The van der Waals surface area contributed by atoms with Gasteiger partial charge in [-0.2, -0.15) is 5.10 Å². The predicted molar refractivity (Wildman–Crippen MR) is 44.9 cm³/mol. The molecule has 11 heavy (non-hydrogen) atoms. The highest BCUT2D eigenvalue weighted by Crippen LogP contribution is 2.10. The van der Waals surface area contributed by atoms with Crippen LogP contribution in [0.5, 0.6) is 0 Å². The predicted octanol–water partition coefficient (Wildman–Crippen LogP) is -0.324. The van der Waals surface area contributed by atoms with Crippen LogP contribution in [-0.4, -0.2) is 22.0 Å². The number of nitrogens with two attached hydrogens (primary N) is 2. The van der Waals surface area contributed by atoms with Crippen LogP contribution < -0.4 is 11.5 Å². The molecule has 0 aliphatic heterocycles. The highest BCUT2D eigenvalue weighted by Gasteiger charge is 1.98. The lowest BCUT2D eigenvalue weighted by Crippen LogP contribution is -2.02. The Balaban J connectivity index is 0.000000461. The van der Waals surface area contributed by atoms with Gasteiger partial charge in [0.2, 0.25) is 0 Å². The van der Waals surface area contributed by atoms with Crippen LogP contribution in [-0.2, 0) is 6.54 Å². The van der Waals surface area contributed by atoms with Gasteiger partial charge in [-0.25, -0.2) is 4.68 Å². The van der Waals surface area contributed by atoms with E-state index in [4.69, 9.17) is 16.6 Å². The molecule has 1 rings (SSSR count). The first-order chi connectivity index (χ1) is 5.25. The van der Waals surface area contributed by atoms with Crippen LogP contribution >= 0.6 is 0 Å². The first-order valence-corrected chi connectivity index (χ1v) is 3.27. The monoisotopic (exact) mass is 158 g/mol. The quantitative estimate of drug-likeness (QED) is 0.522. The molecule has 1 aromatic heterocycles. The summed E-state index contributed by atoms with van der Waals surface area (Å²) in [7, 11) is 1.00. The van der Waals surface area contributed by atoms with Crippen molar-refractivity contribution in [1.29, 1.82) is 0 Å². The van der Waals surface area contributed by atoms with Crippen LogP contribution in [0.2, 0.25) is 0 Å². The molecule has 5 heteroatoms. The second-order valence-corrected chi connectivity index (χ2v) is 1.80. The molecular weight excluding hydrogens is 144 g/mol. The molecule has 0 aromatic carbocycles. The summed E-state index contributed by atoms with van der Waals surface area (Å²) in [6.45, 7) is 2.73. The van der Waals surface area contributed by atoms with Crippen LogP contribution in [0.1, 0.15) is 6.92 Å². The zero-order chi connectivity index (χ0) is 8.85. The average molecular weight is 158 g/mol. The Morgan fingerprint density at radius 1 is 1.55 bits per heavy atom. The van der Waals surface area contributed by atoms with Gasteiger partial charge in [-0.1, -0.05) is 0 Å². The molecule has 1 aromatic rings. The van der Waals surface area contributed by atoms with E-state index < -0.39 is 0 Å². The van der Waals surface area contributed by atoms with Crippen molar-refractivity contribution in [2.24, 2.45) is 0 Å². The number of aryl methyl sites for hydroxylation is 1. The van der Waals surface area contributed by atoms with E-state index >= 15 is 0 Å². The Hall–Kier alpha value is -1.23. The Kier molecular flexibility index (Phi) is 4.05. The second-order valence-electron chi connectivity index (χ2n) is 1.80. The van der Waals surface area contributed by atoms with Crippen molar-refractivity contribution < 1.29 is 5.11 Å². The van der Waals surface area contributed by atoms with Gasteiger partial charge in [-0.15, -0.1) is 0 Å². The molecule has 0 saturated heterocycles. The lowest BCUT2D eigenvalue weighted by molar-refractivity contribution is 0.399. The third-order valence-corrected chi connectivity index (χ3v) is 1.21. The van der Waals surface area contributed by atoms with Gasteiger partial charge in [0, 0.05) is 13.7 Å². The smallest absolute Gasteiger partial charge is 0.145 e. The SMILES string of the molecule is CCn1ncc(N)c1N.CO. The van der Waals surface area contributed by atoms with Gasteiger partial charge in [-0.3, -0.25) is 0 Å². The maximum Gasteiger partial charge on any atom is 0.145 e. The van der Waals surface area contributed by atoms with E-state index in [0.29, 0.717) is 11.5 Å². The van der Waals surface area contributed by atoms with Crippen LogP contribution in [0.15, 0.2) is 6.20 Å². The minimum atomic E-state index is 0.553. The largest absolute Gasteiger partial charge is 0.400 e. The van der Waals surface area contributed by atoms with E-state index in [0.717, 1.165) is 13.7 Å². The van der Waals surface area contributed by atoms with E-state index in [1.54, 1.807) is 10.9 Å². The molecule has 0 spiro atoms. The van der Waals surface area contributed by atoms with E-state index in [9.17, 15) is 0 Å². The third kappa shape index (κ3) is 2.12. The number of hydrogen-bond acceptors (Lipinski definition) is 4. The number of hydrogen-bond donors (Lipinski definition) is 3. The number of rotatable bonds is 1. The maximum atomic E-state index is 7.00. The van der Waals surface area contributed by atoms with Crippen molar-refractivity contribution in [2.75, 3.05) is 18.6 Å². The first-order valence-electron chi connectivity index (χ1n) is 3.27. The van der Waals surface area contributed by atoms with Crippen LogP contribution in [0.3, 0.4) is 0 Å². The summed E-state index contributed by atoms with van der Waals surface area (Å²) in [5, 5.41) is 10.9. The molecule has 1 heterocycles. The second kappa shape index (κ2) is 4.56. The van der Waals surface area contributed by atoms with Crippen molar-refractivity contribution in [2.45, 2.75) is 13.5 Å². The van der Waals surface area contributed by atoms with Crippen LogP contribution in [0.4, 0.5) is 11.5 Å². The van der Waals surface area contributed by atoms with Gasteiger partial charge in [0.25, 0.3) is 0 Å². The van der Waals surface area contributed by atoms with Crippen molar-refractivity contribution in [3.05, 3.63) is 6.20 Å². The van der Waals surface area contributed by atoms with E-state index in [-0.39, 0.29) is 0 Å². The molecule has 64 valence electrons. The molecule has 0 unspecified atom stereocenters. The number of aromatic nitrogens is 2. The highest BCUT2D eigenvalue weighted by molar-refractivity contribution is 5.56. The fraction of sp³-hybridized carbons (Fsp3) is 0.500. The van der Waals surface area contributed by atoms with Crippen LogP contribution in [0, 0.1) is 0 Å². The Labute approximate surface area is 65.6 Å². The van der Waals surface area contributed by atoms with Crippen molar-refractivity contribution >= 4 is 11.5 Å². The summed E-state index contributed by atoms with van der Waals surface area (Å²) < 4.78 is 1.65. The fourth-order valence-corrected chi connectivity index (χ4v) is 0.661. The Bertz CT molecular complexity index is 208. The standard InChI is InChI=1S/C5H10N4.CH4O/c1-2-9-5(7)4(6)3-8-9;1-2/h3H,2,6-7H2,1H3;2H,1H3. The molecule has 5 N–H and O–H groups in total. The molecule has 0 bridgehead atoms. The summed E-state index contributed by atoms with van der Waals surface area (Å²) in [5.41, 5.74) is 11.4. The minimum absolute atomic E-state index is 0.553. The topological polar surface area (TPSA) is 90.1 Å². The lowest BCUT2D eigenvalue weighted by atomic mass is 10.5. The summed E-state index contributed by atoms with van der Waals surface area (Å²) in [6.07, 6.45) is 1.55. The van der Waals surface area contributed by atoms with Gasteiger partial charge in [0.1, 0.15) is 5.82 Å². The lowest BCUT2D eigenvalue weighted by Gasteiger charge is -1.96. The Morgan fingerprint density at radius 2 is 2.09 bits per heavy atom. The van der Waals surface area contributed by atoms with E-state index in [1.807, 2.05) is 6.92 Å². The van der Waals surface area contributed by atoms with Crippen molar-refractivity contribution in [1.82, 2.24) is 9.78 Å². The van der Waals surface area contributed by atoms with Crippen LogP contribution in [0.25, 0.3) is 0 Å². The molecule has 0 aliphatic rings. The maximum absolute atomic E-state index is 7.00. The van der Waals surface area contributed by atoms with E-state index in [2.05, 4.69) is 5.10 Å². The van der Waals surface area contributed by atoms with Gasteiger partial charge in [-0.05, 0) is 6.92 Å². The first kappa shape index (κ1) is 9.77. The molecule has 0 amide bonds. The zero-order valence-electron chi connectivity index (χ0n) is 6.78. The van der Waals surface area contributed by atoms with E-state index in [1.165, 1.54) is 0 Å². The molecule has 0 aliphatic carbocycles. The minimum Gasteiger partial charge on any atom is -0.400 e. The van der Waals surface area contributed by atoms with Gasteiger partial charge in [0.05, 0.1) is 11.9 Å². The summed E-state index contributed by atoms with van der Waals surface area (Å²) >= 11 is 0. The van der Waals surface area contributed by atoms with Crippen molar-refractivity contribution in [3.8, 4) is 0 Å². The van der Waals surface area contributed by atoms with Gasteiger partial charge < -0.3 is 16.6 Å². The summed E-state index contributed by atoms with van der Waals surface area (Å²) in [6, 6.07) is 0. The average Bonchev–Trinajstić information content (AvgIpc) is 2.37. The van der Waals surface area contributed by atoms with Crippen molar-refractivity contribution in [3.63, 3.8) is 0 Å². The molecule has 0 radical (unpaired) electrons. The number of aliphatic hydroxyl groups is 1. The molecule has 0 fully saturated rings. The third-order valence-electron chi connectivity index (χ3n) is 1.21. The molecular formula is C6H14N4O. The Morgan fingerprint density at radius 3 is 2.27 bits per heavy atom. The zero-order valence-corrected chi connectivity index (χ0v) is 6.78. The number of nitrogen functional groups attached to an aromatic ring is 2. The fourth-order valence-electron chi connectivity index (χ4n) is 0.661. The molecule has 0 atom stereocenters. The summed E-state index contributed by atoms with van der Waals surface area (Å²) in [4.78, 5) is 0.